The summed E-state index contributed by atoms with van der Waals surface area (Å²) in [4.78, 5) is 24.9. The summed E-state index contributed by atoms with van der Waals surface area (Å²) in [6, 6.07) is 5.24. The SMILES string of the molecule is CN(C)[C@@H](CNC(=O)[C@H]1CNC(=O)N1)c1ccc(F)cc1. The first-order valence-electron chi connectivity index (χ1n) is 6.71. The Labute approximate surface area is 122 Å². The summed E-state index contributed by atoms with van der Waals surface area (Å²) in [5.41, 5.74) is 0.912. The third kappa shape index (κ3) is 3.91. The standard InChI is InChI=1S/C14H19FN4O2/c1-19(2)12(9-3-5-10(15)6-4-9)8-16-13(20)11-7-17-14(21)18-11/h3-6,11-12H,7-8H2,1-2H3,(H,16,20)(H2,17,18,21)/t11-,12+/m1/s1. The van der Waals surface area contributed by atoms with E-state index in [1.807, 2.05) is 19.0 Å². The Morgan fingerprint density at radius 2 is 2.10 bits per heavy atom. The Morgan fingerprint density at radius 1 is 1.43 bits per heavy atom. The second-order valence-electron chi connectivity index (χ2n) is 5.18. The Kier molecular flexibility index (Phi) is 4.74. The number of nitrogens with one attached hydrogen (secondary N) is 3. The van der Waals surface area contributed by atoms with Gasteiger partial charge in [-0.15, -0.1) is 0 Å². The largest absolute Gasteiger partial charge is 0.352 e. The van der Waals surface area contributed by atoms with Crippen LogP contribution in [0.5, 0.6) is 0 Å². The van der Waals surface area contributed by atoms with Gasteiger partial charge in [-0.1, -0.05) is 12.1 Å². The lowest BCUT2D eigenvalue weighted by atomic mass is 10.1. The lowest BCUT2D eigenvalue weighted by Gasteiger charge is -2.25. The van der Waals surface area contributed by atoms with Crippen LogP contribution in [0.1, 0.15) is 11.6 Å². The molecule has 114 valence electrons. The van der Waals surface area contributed by atoms with E-state index in [0.717, 1.165) is 5.56 Å². The van der Waals surface area contributed by atoms with Crippen molar-refractivity contribution < 1.29 is 14.0 Å². The molecule has 0 aliphatic carbocycles. The molecule has 1 aliphatic heterocycles. The van der Waals surface area contributed by atoms with E-state index in [4.69, 9.17) is 0 Å². The van der Waals surface area contributed by atoms with Crippen molar-refractivity contribution in [1.82, 2.24) is 20.9 Å². The van der Waals surface area contributed by atoms with Crippen LogP contribution in [-0.4, -0.2) is 50.1 Å². The van der Waals surface area contributed by atoms with Gasteiger partial charge in [-0.2, -0.15) is 0 Å². The highest BCUT2D eigenvalue weighted by Crippen LogP contribution is 2.17. The van der Waals surface area contributed by atoms with Gasteiger partial charge in [0.15, 0.2) is 0 Å². The van der Waals surface area contributed by atoms with Gasteiger partial charge in [0.2, 0.25) is 5.91 Å². The Hall–Kier alpha value is -2.15. The van der Waals surface area contributed by atoms with Crippen LogP contribution in [-0.2, 0) is 4.79 Å². The molecule has 0 saturated carbocycles. The van der Waals surface area contributed by atoms with Gasteiger partial charge in [-0.25, -0.2) is 9.18 Å². The Morgan fingerprint density at radius 3 is 2.62 bits per heavy atom. The fraction of sp³-hybridized carbons (Fsp3) is 0.429. The number of carbonyl (C=O) groups is 2. The van der Waals surface area contributed by atoms with Gasteiger partial charge >= 0.3 is 6.03 Å². The zero-order valence-corrected chi connectivity index (χ0v) is 12.0. The highest BCUT2D eigenvalue weighted by atomic mass is 19.1. The molecule has 1 aliphatic rings. The van der Waals surface area contributed by atoms with Gasteiger partial charge in [0.1, 0.15) is 11.9 Å². The average molecular weight is 294 g/mol. The molecule has 1 heterocycles. The number of urea groups is 1. The minimum absolute atomic E-state index is 0.0698. The number of hydrogen-bond donors (Lipinski definition) is 3. The fourth-order valence-corrected chi connectivity index (χ4v) is 2.22. The Bertz CT molecular complexity index is 518. The van der Waals surface area contributed by atoms with Crippen LogP contribution in [0.4, 0.5) is 9.18 Å². The van der Waals surface area contributed by atoms with Gasteiger partial charge in [0.25, 0.3) is 0 Å². The number of rotatable bonds is 5. The van der Waals surface area contributed by atoms with E-state index >= 15 is 0 Å². The molecule has 1 aromatic rings. The summed E-state index contributed by atoms with van der Waals surface area (Å²) in [7, 11) is 3.78. The van der Waals surface area contributed by atoms with Crippen LogP contribution in [0, 0.1) is 5.82 Å². The van der Waals surface area contributed by atoms with Crippen molar-refractivity contribution in [2.45, 2.75) is 12.1 Å². The first kappa shape index (κ1) is 15.2. The molecule has 2 rings (SSSR count). The Balaban J connectivity index is 1.95. The van der Waals surface area contributed by atoms with Crippen LogP contribution in [0.2, 0.25) is 0 Å². The highest BCUT2D eigenvalue weighted by molar-refractivity contribution is 5.90. The number of hydrogen-bond acceptors (Lipinski definition) is 3. The molecular weight excluding hydrogens is 275 g/mol. The minimum atomic E-state index is -0.548. The molecule has 7 heteroatoms. The fourth-order valence-electron chi connectivity index (χ4n) is 2.22. The molecule has 3 N–H and O–H groups in total. The smallest absolute Gasteiger partial charge is 0.315 e. The topological polar surface area (TPSA) is 73.5 Å². The number of amides is 3. The molecule has 0 unspecified atom stereocenters. The maximum atomic E-state index is 13.0. The molecule has 0 spiro atoms. The maximum Gasteiger partial charge on any atom is 0.315 e. The zero-order valence-electron chi connectivity index (χ0n) is 12.0. The van der Waals surface area contributed by atoms with Crippen molar-refractivity contribution in [2.24, 2.45) is 0 Å². The second kappa shape index (κ2) is 6.53. The molecule has 0 radical (unpaired) electrons. The summed E-state index contributed by atoms with van der Waals surface area (Å²) in [6.07, 6.45) is 0. The second-order valence-corrected chi connectivity index (χ2v) is 5.18. The highest BCUT2D eigenvalue weighted by Gasteiger charge is 2.27. The summed E-state index contributed by atoms with van der Waals surface area (Å²) in [5.74, 6) is -0.526. The number of halogens is 1. The molecule has 1 saturated heterocycles. The van der Waals surface area contributed by atoms with Crippen molar-refractivity contribution in [3.63, 3.8) is 0 Å². The summed E-state index contributed by atoms with van der Waals surface area (Å²) >= 11 is 0. The predicted octanol–water partition coefficient (Wildman–Crippen LogP) is 0.226. The monoisotopic (exact) mass is 294 g/mol. The third-order valence-corrected chi connectivity index (χ3v) is 3.44. The number of nitrogens with zero attached hydrogens (tertiary/aromatic N) is 1. The third-order valence-electron chi connectivity index (χ3n) is 3.44. The first-order valence-corrected chi connectivity index (χ1v) is 6.71. The normalized spacial score (nSPS) is 19.0. The number of likely N-dealkylation sites (N-methyl/N-ethyl adjacent to an activating group) is 1. The van der Waals surface area contributed by atoms with E-state index in [1.165, 1.54) is 12.1 Å². The van der Waals surface area contributed by atoms with E-state index < -0.39 is 6.04 Å². The average Bonchev–Trinajstić information content (AvgIpc) is 2.87. The maximum absolute atomic E-state index is 13.0. The van der Waals surface area contributed by atoms with Gasteiger partial charge in [0.05, 0.1) is 6.04 Å². The molecule has 0 bridgehead atoms. The molecule has 3 amide bonds. The summed E-state index contributed by atoms with van der Waals surface area (Å²) < 4.78 is 13.0. The number of carbonyl (C=O) groups excluding carboxylic acids is 2. The van der Waals surface area contributed by atoms with Crippen LogP contribution in [0.25, 0.3) is 0 Å². The lowest BCUT2D eigenvalue weighted by Crippen LogP contribution is -2.45. The molecule has 21 heavy (non-hydrogen) atoms. The van der Waals surface area contributed by atoms with Crippen molar-refractivity contribution in [1.29, 1.82) is 0 Å². The van der Waals surface area contributed by atoms with Crippen molar-refractivity contribution in [2.75, 3.05) is 27.2 Å². The van der Waals surface area contributed by atoms with Gasteiger partial charge in [0, 0.05) is 13.1 Å². The van der Waals surface area contributed by atoms with Gasteiger partial charge < -0.3 is 20.9 Å². The lowest BCUT2D eigenvalue weighted by molar-refractivity contribution is -0.122. The minimum Gasteiger partial charge on any atom is -0.352 e. The molecule has 0 aromatic heterocycles. The van der Waals surface area contributed by atoms with E-state index in [0.29, 0.717) is 6.54 Å². The molecular formula is C14H19FN4O2. The van der Waals surface area contributed by atoms with Crippen LogP contribution in [0.3, 0.4) is 0 Å². The van der Waals surface area contributed by atoms with Crippen molar-refractivity contribution in [3.8, 4) is 0 Å². The first-order chi connectivity index (χ1) is 9.97. The van der Waals surface area contributed by atoms with Crippen molar-refractivity contribution >= 4 is 11.9 Å². The molecule has 1 fully saturated rings. The number of benzene rings is 1. The molecule has 1 aromatic carbocycles. The van der Waals surface area contributed by atoms with E-state index in [2.05, 4.69) is 16.0 Å². The van der Waals surface area contributed by atoms with Crippen LogP contribution < -0.4 is 16.0 Å². The predicted molar refractivity (Wildman–Crippen MR) is 76.2 cm³/mol. The van der Waals surface area contributed by atoms with Gasteiger partial charge in [-0.3, -0.25) is 4.79 Å². The zero-order chi connectivity index (χ0) is 15.4. The molecule has 2 atom stereocenters. The van der Waals surface area contributed by atoms with Crippen molar-refractivity contribution in [3.05, 3.63) is 35.6 Å². The quantitative estimate of drug-likeness (QED) is 0.727. The van der Waals surface area contributed by atoms with Crippen LogP contribution >= 0.6 is 0 Å². The van der Waals surface area contributed by atoms with E-state index in [-0.39, 0.29) is 30.3 Å². The van der Waals surface area contributed by atoms with E-state index in [1.54, 1.807) is 12.1 Å². The molecule has 6 nitrogen and oxygen atoms in total. The summed E-state index contributed by atoms with van der Waals surface area (Å²) in [6.45, 7) is 0.664. The summed E-state index contributed by atoms with van der Waals surface area (Å²) in [5, 5.41) is 7.88. The van der Waals surface area contributed by atoms with E-state index in [9.17, 15) is 14.0 Å². The van der Waals surface area contributed by atoms with Crippen LogP contribution in [0.15, 0.2) is 24.3 Å². The van der Waals surface area contributed by atoms with Gasteiger partial charge in [-0.05, 0) is 31.8 Å².